The fourth-order valence-corrected chi connectivity index (χ4v) is 6.77. The molecule has 2 fully saturated rings. The second-order valence-electron chi connectivity index (χ2n) is 5.60. The zero-order chi connectivity index (χ0) is 12.8. The van der Waals surface area contributed by atoms with E-state index in [0.29, 0.717) is 6.04 Å². The average molecular weight is 289 g/mol. The summed E-state index contributed by atoms with van der Waals surface area (Å²) in [5.74, 6) is 9.36. The molecule has 3 atom stereocenters. The maximum Gasteiger partial charge on any atom is 0.0368 e. The van der Waals surface area contributed by atoms with Gasteiger partial charge < -0.3 is 0 Å². The molecule has 3 unspecified atom stereocenters. The lowest BCUT2D eigenvalue weighted by Crippen LogP contribution is -2.52. The van der Waals surface area contributed by atoms with Gasteiger partial charge in [-0.1, -0.05) is 32.6 Å². The van der Waals surface area contributed by atoms with Crippen molar-refractivity contribution >= 4 is 23.5 Å². The molecule has 0 aromatic rings. The Morgan fingerprint density at radius 3 is 2.39 bits per heavy atom. The van der Waals surface area contributed by atoms with Crippen molar-refractivity contribution in [1.82, 2.24) is 5.43 Å². The normalized spacial score (nSPS) is 33.0. The van der Waals surface area contributed by atoms with Crippen LogP contribution in [0.4, 0.5) is 0 Å². The lowest BCUT2D eigenvalue weighted by Gasteiger charge is -2.39. The molecule has 106 valence electrons. The fraction of sp³-hybridized carbons (Fsp3) is 1.00. The Morgan fingerprint density at radius 1 is 1.11 bits per heavy atom. The van der Waals surface area contributed by atoms with Crippen LogP contribution in [0.15, 0.2) is 0 Å². The molecule has 0 bridgehead atoms. The highest BCUT2D eigenvalue weighted by molar-refractivity contribution is 8.07. The van der Waals surface area contributed by atoms with Crippen LogP contribution in [0.5, 0.6) is 0 Å². The van der Waals surface area contributed by atoms with Crippen molar-refractivity contribution in [3.63, 3.8) is 0 Å². The predicted octanol–water partition coefficient (Wildman–Crippen LogP) is 3.42. The first-order valence-electron chi connectivity index (χ1n) is 7.56. The average Bonchev–Trinajstić information content (AvgIpc) is 2.69. The monoisotopic (exact) mass is 288 g/mol. The van der Waals surface area contributed by atoms with Gasteiger partial charge in [-0.3, -0.25) is 11.3 Å². The van der Waals surface area contributed by atoms with Crippen LogP contribution < -0.4 is 11.3 Å². The maximum absolute atomic E-state index is 5.93. The van der Waals surface area contributed by atoms with Crippen LogP contribution in [0.25, 0.3) is 0 Å². The van der Waals surface area contributed by atoms with E-state index in [0.717, 1.165) is 16.4 Å². The molecular weight excluding hydrogens is 260 g/mol. The number of hydrogen-bond donors (Lipinski definition) is 2. The summed E-state index contributed by atoms with van der Waals surface area (Å²) >= 11 is 4.33. The molecule has 0 aromatic heterocycles. The zero-order valence-corrected chi connectivity index (χ0v) is 13.2. The van der Waals surface area contributed by atoms with Gasteiger partial charge in [-0.15, -0.1) is 0 Å². The molecular formula is C14H28N2S2. The predicted molar refractivity (Wildman–Crippen MR) is 85.1 cm³/mol. The summed E-state index contributed by atoms with van der Waals surface area (Å²) in [4.78, 5) is 0. The number of hydrogen-bond acceptors (Lipinski definition) is 4. The molecule has 4 heteroatoms. The van der Waals surface area contributed by atoms with Gasteiger partial charge >= 0.3 is 0 Å². The van der Waals surface area contributed by atoms with Gasteiger partial charge in [-0.2, -0.15) is 23.5 Å². The van der Waals surface area contributed by atoms with E-state index < -0.39 is 0 Å². The Labute approximate surface area is 121 Å². The summed E-state index contributed by atoms with van der Waals surface area (Å²) in [5.41, 5.74) is 3.20. The Hall–Kier alpha value is 0.620. The van der Waals surface area contributed by atoms with Crippen molar-refractivity contribution in [2.75, 3.05) is 11.5 Å². The highest BCUT2D eigenvalue weighted by Gasteiger charge is 2.35. The van der Waals surface area contributed by atoms with Gasteiger partial charge in [-0.05, 0) is 25.2 Å². The minimum absolute atomic E-state index is 0.533. The number of nitrogens with two attached hydrogens (primary N) is 1. The van der Waals surface area contributed by atoms with E-state index in [1.807, 2.05) is 0 Å². The van der Waals surface area contributed by atoms with Crippen molar-refractivity contribution in [2.24, 2.45) is 11.8 Å². The van der Waals surface area contributed by atoms with E-state index in [-0.39, 0.29) is 0 Å². The van der Waals surface area contributed by atoms with Gasteiger partial charge in [-0.25, -0.2) is 0 Å². The van der Waals surface area contributed by atoms with Crippen LogP contribution >= 0.6 is 23.5 Å². The quantitative estimate of drug-likeness (QED) is 0.472. The minimum atomic E-state index is 0.533. The highest BCUT2D eigenvalue weighted by Crippen LogP contribution is 2.39. The molecule has 1 saturated heterocycles. The second-order valence-corrected chi connectivity index (χ2v) is 8.23. The molecule has 2 aliphatic rings. The van der Waals surface area contributed by atoms with E-state index in [4.69, 9.17) is 5.84 Å². The molecule has 2 nitrogen and oxygen atoms in total. The molecule has 0 amide bonds. The van der Waals surface area contributed by atoms with Gasteiger partial charge in [0.25, 0.3) is 0 Å². The lowest BCUT2D eigenvalue weighted by atomic mass is 9.88. The van der Waals surface area contributed by atoms with E-state index in [2.05, 4.69) is 35.9 Å². The van der Waals surface area contributed by atoms with Crippen molar-refractivity contribution < 1.29 is 0 Å². The lowest BCUT2D eigenvalue weighted by molar-refractivity contribution is 0.311. The summed E-state index contributed by atoms with van der Waals surface area (Å²) < 4.78 is 0. The first kappa shape index (κ1) is 15.0. The Morgan fingerprint density at radius 2 is 1.78 bits per heavy atom. The summed E-state index contributed by atoms with van der Waals surface area (Å²) in [6, 6.07) is 0.533. The van der Waals surface area contributed by atoms with Crippen LogP contribution in [-0.4, -0.2) is 28.0 Å². The van der Waals surface area contributed by atoms with Crippen LogP contribution in [0, 0.1) is 5.92 Å². The third-order valence-corrected chi connectivity index (χ3v) is 7.82. The molecule has 0 spiro atoms. The van der Waals surface area contributed by atoms with Crippen molar-refractivity contribution in [2.45, 2.75) is 68.4 Å². The second kappa shape index (κ2) is 8.03. The first-order chi connectivity index (χ1) is 8.86. The number of thioether (sulfide) groups is 2. The van der Waals surface area contributed by atoms with Gasteiger partial charge in [0.05, 0.1) is 0 Å². The Kier molecular flexibility index (Phi) is 6.70. The van der Waals surface area contributed by atoms with Crippen molar-refractivity contribution in [3.05, 3.63) is 0 Å². The Bertz CT molecular complexity index is 230. The smallest absolute Gasteiger partial charge is 0.0368 e. The molecule has 1 saturated carbocycles. The summed E-state index contributed by atoms with van der Waals surface area (Å²) in [5, 5.41) is 1.52. The summed E-state index contributed by atoms with van der Waals surface area (Å²) in [6.45, 7) is 2.33. The van der Waals surface area contributed by atoms with E-state index in [1.54, 1.807) is 0 Å². The van der Waals surface area contributed by atoms with Gasteiger partial charge in [0.1, 0.15) is 0 Å². The molecule has 3 N–H and O–H groups in total. The third kappa shape index (κ3) is 3.81. The third-order valence-electron chi connectivity index (χ3n) is 4.45. The molecule has 1 heterocycles. The van der Waals surface area contributed by atoms with E-state index in [1.165, 1.54) is 56.5 Å². The standard InChI is InChI=1S/C14H28N2S2/c1-2-12-14(18-10-9-17-12)13(16-15)11-7-5-3-4-6-8-11/h11-14,16H,2-10,15H2,1H3. The molecule has 2 rings (SSSR count). The van der Waals surface area contributed by atoms with Crippen LogP contribution in [0.2, 0.25) is 0 Å². The van der Waals surface area contributed by atoms with Crippen LogP contribution in [0.3, 0.4) is 0 Å². The molecule has 0 aromatic carbocycles. The topological polar surface area (TPSA) is 38.0 Å². The van der Waals surface area contributed by atoms with Crippen molar-refractivity contribution in [1.29, 1.82) is 0 Å². The summed E-state index contributed by atoms with van der Waals surface area (Å²) in [7, 11) is 0. The van der Waals surface area contributed by atoms with Crippen LogP contribution in [-0.2, 0) is 0 Å². The molecule has 1 aliphatic carbocycles. The van der Waals surface area contributed by atoms with E-state index >= 15 is 0 Å². The zero-order valence-electron chi connectivity index (χ0n) is 11.6. The summed E-state index contributed by atoms with van der Waals surface area (Å²) in [6.07, 6.45) is 9.72. The highest BCUT2D eigenvalue weighted by atomic mass is 32.2. The van der Waals surface area contributed by atoms with Crippen molar-refractivity contribution in [3.8, 4) is 0 Å². The molecule has 18 heavy (non-hydrogen) atoms. The number of hydrazine groups is 1. The SMILES string of the molecule is CCC1SCCSC1C(NN)C1CCCCCC1. The van der Waals surface area contributed by atoms with Gasteiger partial charge in [0.2, 0.25) is 0 Å². The first-order valence-corrected chi connectivity index (χ1v) is 9.66. The van der Waals surface area contributed by atoms with Gasteiger partial charge in [0, 0.05) is 28.0 Å². The fourth-order valence-electron chi connectivity index (χ4n) is 3.44. The van der Waals surface area contributed by atoms with E-state index in [9.17, 15) is 0 Å². The molecule has 0 radical (unpaired) electrons. The maximum atomic E-state index is 5.93. The number of nitrogens with one attached hydrogen (secondary N) is 1. The number of rotatable bonds is 4. The molecule has 1 aliphatic heterocycles. The Balaban J connectivity index is 2.00. The van der Waals surface area contributed by atoms with Gasteiger partial charge in [0.15, 0.2) is 0 Å². The van der Waals surface area contributed by atoms with Crippen LogP contribution in [0.1, 0.15) is 51.9 Å². The minimum Gasteiger partial charge on any atom is -0.271 e. The largest absolute Gasteiger partial charge is 0.271 e.